The molecule has 1 aliphatic heterocycles. The minimum absolute atomic E-state index is 0.0153. The van der Waals surface area contributed by atoms with Gasteiger partial charge in [-0.1, -0.05) is 26.0 Å². The van der Waals surface area contributed by atoms with E-state index in [-0.39, 0.29) is 11.7 Å². The molecule has 0 bridgehead atoms. The zero-order valence-electron chi connectivity index (χ0n) is 16.1. The van der Waals surface area contributed by atoms with Gasteiger partial charge in [-0.25, -0.2) is 4.39 Å². The first kappa shape index (κ1) is 19.4. The highest BCUT2D eigenvalue weighted by Crippen LogP contribution is 2.21. The molecule has 1 aliphatic rings. The summed E-state index contributed by atoms with van der Waals surface area (Å²) in [5, 5.41) is 2.99. The molecule has 1 saturated heterocycles. The van der Waals surface area contributed by atoms with Gasteiger partial charge < -0.3 is 10.2 Å². The van der Waals surface area contributed by atoms with Crippen LogP contribution < -0.4 is 10.2 Å². The standard InChI is InChI=1S/C22H28FN3O/c1-3-17(2)18-4-8-20(9-5-18)24-22(27)16-25-12-14-26(15-13-25)21-10-6-19(23)7-11-21/h4-11,17H,3,12-16H2,1-2H3,(H,24,27)/t17-/m1/s1. The normalized spacial score (nSPS) is 16.2. The van der Waals surface area contributed by atoms with E-state index in [2.05, 4.69) is 41.1 Å². The lowest BCUT2D eigenvalue weighted by molar-refractivity contribution is -0.117. The molecule has 0 unspecified atom stereocenters. The van der Waals surface area contributed by atoms with Crippen molar-refractivity contribution < 1.29 is 9.18 Å². The monoisotopic (exact) mass is 369 g/mol. The molecule has 0 spiro atoms. The molecule has 0 aliphatic carbocycles. The fourth-order valence-electron chi connectivity index (χ4n) is 3.35. The molecule has 0 saturated carbocycles. The maximum Gasteiger partial charge on any atom is 0.238 e. The number of nitrogens with one attached hydrogen (secondary N) is 1. The number of halogens is 1. The highest BCUT2D eigenvalue weighted by molar-refractivity contribution is 5.92. The minimum atomic E-state index is -0.216. The van der Waals surface area contributed by atoms with Gasteiger partial charge in [0.2, 0.25) is 5.91 Å². The summed E-state index contributed by atoms with van der Waals surface area (Å²) >= 11 is 0. The van der Waals surface area contributed by atoms with Gasteiger partial charge in [0.15, 0.2) is 0 Å². The van der Waals surface area contributed by atoms with Gasteiger partial charge in [0.25, 0.3) is 0 Å². The molecule has 1 amide bonds. The van der Waals surface area contributed by atoms with Gasteiger partial charge in [-0.3, -0.25) is 9.69 Å². The molecule has 3 rings (SSSR count). The largest absolute Gasteiger partial charge is 0.369 e. The van der Waals surface area contributed by atoms with E-state index < -0.39 is 0 Å². The molecule has 5 heteroatoms. The fraction of sp³-hybridized carbons (Fsp3) is 0.409. The highest BCUT2D eigenvalue weighted by Gasteiger charge is 2.19. The highest BCUT2D eigenvalue weighted by atomic mass is 19.1. The summed E-state index contributed by atoms with van der Waals surface area (Å²) in [4.78, 5) is 16.7. The van der Waals surface area contributed by atoms with Crippen molar-refractivity contribution >= 4 is 17.3 Å². The van der Waals surface area contributed by atoms with Crippen LogP contribution in [0.1, 0.15) is 31.7 Å². The molecule has 1 heterocycles. The third-order valence-corrected chi connectivity index (χ3v) is 5.31. The molecular formula is C22H28FN3O. The number of piperazine rings is 1. The van der Waals surface area contributed by atoms with Crippen LogP contribution in [-0.2, 0) is 4.79 Å². The lowest BCUT2D eigenvalue weighted by Gasteiger charge is -2.35. The van der Waals surface area contributed by atoms with Crippen molar-refractivity contribution in [2.75, 3.05) is 42.9 Å². The van der Waals surface area contributed by atoms with Crippen LogP contribution in [-0.4, -0.2) is 43.5 Å². The Morgan fingerprint density at radius 3 is 2.26 bits per heavy atom. The predicted octanol–water partition coefficient (Wildman–Crippen LogP) is 4.10. The molecule has 144 valence electrons. The first-order valence-electron chi connectivity index (χ1n) is 9.68. The van der Waals surface area contributed by atoms with Crippen LogP contribution in [0.4, 0.5) is 15.8 Å². The molecule has 1 atom stereocenters. The average Bonchev–Trinajstić information content (AvgIpc) is 2.69. The van der Waals surface area contributed by atoms with Crippen LogP contribution >= 0.6 is 0 Å². The molecular weight excluding hydrogens is 341 g/mol. The number of carbonyl (C=O) groups excluding carboxylic acids is 1. The Bertz CT molecular complexity index is 737. The maximum absolute atomic E-state index is 13.0. The number of rotatable bonds is 6. The van der Waals surface area contributed by atoms with Gasteiger partial charge in [0.05, 0.1) is 6.54 Å². The van der Waals surface area contributed by atoms with Gasteiger partial charge in [0, 0.05) is 37.6 Å². The summed E-state index contributed by atoms with van der Waals surface area (Å²) in [6.07, 6.45) is 1.11. The van der Waals surface area contributed by atoms with Crippen LogP contribution in [0.15, 0.2) is 48.5 Å². The summed E-state index contributed by atoms with van der Waals surface area (Å²) in [5.74, 6) is 0.333. The summed E-state index contributed by atoms with van der Waals surface area (Å²) in [5.41, 5.74) is 3.17. The SMILES string of the molecule is CC[C@@H](C)c1ccc(NC(=O)CN2CCN(c3ccc(F)cc3)CC2)cc1. The third kappa shape index (κ3) is 5.30. The second kappa shape index (κ2) is 9.00. The van der Waals surface area contributed by atoms with Crippen molar-refractivity contribution in [2.24, 2.45) is 0 Å². The van der Waals surface area contributed by atoms with E-state index in [0.29, 0.717) is 12.5 Å². The summed E-state index contributed by atoms with van der Waals surface area (Å²) in [6, 6.07) is 14.7. The number of benzene rings is 2. The second-order valence-electron chi connectivity index (χ2n) is 7.22. The Kier molecular flexibility index (Phi) is 6.45. The van der Waals surface area contributed by atoms with E-state index >= 15 is 0 Å². The van der Waals surface area contributed by atoms with Gasteiger partial charge in [-0.2, -0.15) is 0 Å². The molecule has 1 fully saturated rings. The van der Waals surface area contributed by atoms with E-state index in [1.165, 1.54) is 17.7 Å². The molecule has 2 aromatic rings. The summed E-state index contributed by atoms with van der Waals surface area (Å²) in [7, 11) is 0. The molecule has 4 nitrogen and oxygen atoms in total. The van der Waals surface area contributed by atoms with Crippen molar-refractivity contribution in [1.82, 2.24) is 4.90 Å². The zero-order valence-corrected chi connectivity index (χ0v) is 16.1. The number of anilines is 2. The first-order chi connectivity index (χ1) is 13.0. The van der Waals surface area contributed by atoms with E-state index in [9.17, 15) is 9.18 Å². The van der Waals surface area contributed by atoms with Crippen molar-refractivity contribution in [2.45, 2.75) is 26.2 Å². The lowest BCUT2D eigenvalue weighted by atomic mass is 9.99. The first-order valence-corrected chi connectivity index (χ1v) is 9.68. The number of hydrogen-bond acceptors (Lipinski definition) is 3. The van der Waals surface area contributed by atoms with Crippen LogP contribution in [0.25, 0.3) is 0 Å². The number of carbonyl (C=O) groups is 1. The topological polar surface area (TPSA) is 35.6 Å². The van der Waals surface area contributed by atoms with E-state index in [1.54, 1.807) is 12.1 Å². The molecule has 0 aromatic heterocycles. The molecule has 1 N–H and O–H groups in total. The Labute approximate surface area is 161 Å². The number of amides is 1. The average molecular weight is 369 g/mol. The van der Waals surface area contributed by atoms with E-state index in [1.807, 2.05) is 12.1 Å². The lowest BCUT2D eigenvalue weighted by Crippen LogP contribution is -2.48. The van der Waals surface area contributed by atoms with Crippen molar-refractivity contribution in [3.63, 3.8) is 0 Å². The Morgan fingerprint density at radius 1 is 1.04 bits per heavy atom. The van der Waals surface area contributed by atoms with Crippen LogP contribution in [0.5, 0.6) is 0 Å². The van der Waals surface area contributed by atoms with Gasteiger partial charge >= 0.3 is 0 Å². The summed E-state index contributed by atoms with van der Waals surface area (Å²) < 4.78 is 13.0. The quantitative estimate of drug-likeness (QED) is 0.833. The predicted molar refractivity (Wildman–Crippen MR) is 109 cm³/mol. The Balaban J connectivity index is 1.46. The molecule has 0 radical (unpaired) electrons. The zero-order chi connectivity index (χ0) is 19.2. The molecule has 27 heavy (non-hydrogen) atoms. The number of hydrogen-bond donors (Lipinski definition) is 1. The Morgan fingerprint density at radius 2 is 1.67 bits per heavy atom. The van der Waals surface area contributed by atoms with Crippen molar-refractivity contribution in [3.05, 3.63) is 59.9 Å². The minimum Gasteiger partial charge on any atom is -0.369 e. The van der Waals surface area contributed by atoms with Crippen molar-refractivity contribution in [3.8, 4) is 0 Å². The van der Waals surface area contributed by atoms with Gasteiger partial charge in [-0.15, -0.1) is 0 Å². The van der Waals surface area contributed by atoms with Crippen LogP contribution in [0.2, 0.25) is 0 Å². The summed E-state index contributed by atoms with van der Waals surface area (Å²) in [6.45, 7) is 8.08. The van der Waals surface area contributed by atoms with Crippen molar-refractivity contribution in [1.29, 1.82) is 0 Å². The Hall–Kier alpha value is -2.40. The van der Waals surface area contributed by atoms with E-state index in [0.717, 1.165) is 44.0 Å². The molecule has 2 aromatic carbocycles. The second-order valence-corrected chi connectivity index (χ2v) is 7.22. The number of nitrogens with zero attached hydrogens (tertiary/aromatic N) is 2. The van der Waals surface area contributed by atoms with Gasteiger partial charge in [0.1, 0.15) is 5.82 Å². The maximum atomic E-state index is 13.0. The van der Waals surface area contributed by atoms with Gasteiger partial charge in [-0.05, 0) is 54.3 Å². The van der Waals surface area contributed by atoms with E-state index in [4.69, 9.17) is 0 Å². The van der Waals surface area contributed by atoms with Crippen LogP contribution in [0.3, 0.4) is 0 Å². The smallest absolute Gasteiger partial charge is 0.238 e. The van der Waals surface area contributed by atoms with Crippen LogP contribution in [0, 0.1) is 5.82 Å². The fourth-order valence-corrected chi connectivity index (χ4v) is 3.35. The third-order valence-electron chi connectivity index (χ3n) is 5.31.